The molecule has 0 saturated heterocycles. The van der Waals surface area contributed by atoms with E-state index in [0.717, 1.165) is 117 Å². The van der Waals surface area contributed by atoms with Crippen LogP contribution in [0.5, 0.6) is 0 Å². The van der Waals surface area contributed by atoms with Crippen molar-refractivity contribution < 1.29 is 9.21 Å². The molecular weight excluding hydrogens is 829 g/mol. The zero-order valence-corrected chi connectivity index (χ0v) is 39.4. The van der Waals surface area contributed by atoms with Crippen molar-refractivity contribution in [3.05, 3.63) is 233 Å². The van der Waals surface area contributed by atoms with Gasteiger partial charge in [-0.3, -0.25) is 4.79 Å². The molecule has 9 aromatic carbocycles. The normalized spacial score (nSPS) is 14.9. The van der Waals surface area contributed by atoms with E-state index in [1.165, 1.54) is 11.1 Å². The maximum absolute atomic E-state index is 14.1. The summed E-state index contributed by atoms with van der Waals surface area (Å²) < 4.78 is 6.70. The lowest BCUT2D eigenvalue weighted by atomic mass is 9.68. The van der Waals surface area contributed by atoms with Crippen LogP contribution in [0.25, 0.3) is 54.6 Å². The smallest absolute Gasteiger partial charge is 0.193 e. The van der Waals surface area contributed by atoms with Crippen LogP contribution in [0.1, 0.15) is 86.1 Å². The quantitative estimate of drug-likeness (QED) is 0.118. The van der Waals surface area contributed by atoms with Gasteiger partial charge in [0.05, 0.1) is 17.1 Å². The van der Waals surface area contributed by atoms with Crippen LogP contribution in [0.4, 0.5) is 28.4 Å². The molecule has 1 aliphatic carbocycles. The molecule has 330 valence electrons. The molecule has 0 N–H and O–H groups in total. The molecule has 0 atom stereocenters. The highest BCUT2D eigenvalue weighted by Crippen LogP contribution is 2.58. The Balaban J connectivity index is 1.14. The largest absolute Gasteiger partial charge is 0.456 e. The van der Waals surface area contributed by atoms with Gasteiger partial charge in [-0.1, -0.05) is 168 Å². The van der Waals surface area contributed by atoms with Crippen molar-refractivity contribution in [1.29, 1.82) is 0 Å². The molecule has 4 nitrogen and oxygen atoms in total. The van der Waals surface area contributed by atoms with Crippen LogP contribution in [-0.2, 0) is 10.8 Å². The van der Waals surface area contributed by atoms with Gasteiger partial charge in [-0.05, 0) is 112 Å². The molecule has 0 bridgehead atoms. The summed E-state index contributed by atoms with van der Waals surface area (Å²) in [4.78, 5) is 19.0. The van der Waals surface area contributed by atoms with Crippen LogP contribution in [0.3, 0.4) is 0 Å². The van der Waals surface area contributed by atoms with Crippen LogP contribution in [-0.4, -0.2) is 5.78 Å². The molecule has 68 heavy (non-hydrogen) atoms. The molecule has 2 heterocycles. The molecule has 12 rings (SSSR count). The topological polar surface area (TPSA) is 36.7 Å². The van der Waals surface area contributed by atoms with Gasteiger partial charge in [0.15, 0.2) is 5.78 Å². The SMILES string of the molecule is C/C=C(\C=C/CC)N(c1ccccc1)c1ccc2c(c1)C(C)(C)c1cc3c(cc1N2c1c2ccccc2c(-c2ccc4c(c2)C(C)(C)c2ccccc2C4=O)c2ccccc12)oc1ccccc13. The number of furan rings is 1. The predicted octanol–water partition coefficient (Wildman–Crippen LogP) is 17.5. The number of para-hydroxylation sites is 2. The average Bonchev–Trinajstić information content (AvgIpc) is 3.74. The fourth-order valence-corrected chi connectivity index (χ4v) is 11.5. The highest BCUT2D eigenvalue weighted by molar-refractivity contribution is 6.23. The van der Waals surface area contributed by atoms with Crippen LogP contribution >= 0.6 is 0 Å². The molecule has 2 aliphatic rings. The standard InChI is InChI=1S/C64H52N2O2/c1-7-9-21-41(8-2)65(42-22-11-10-12-23-42)43-33-35-56-54(37-43)64(5,6)55-38-51-44-24-18-20-31-58(44)68-59(51)39-57(55)66(56)61-47-27-15-13-25-45(47)60(46-26-14-16-28-48(46)61)40-32-34-50-53(36-40)63(3,4)52-30-19-17-29-49(52)62(50)67/h8-39H,7H2,1-6H3/b21-9-,41-8+. The molecule has 10 aromatic rings. The third-order valence-electron chi connectivity index (χ3n) is 14.9. The Morgan fingerprint density at radius 1 is 0.544 bits per heavy atom. The Morgan fingerprint density at radius 2 is 1.16 bits per heavy atom. The van der Waals surface area contributed by atoms with Gasteiger partial charge in [0, 0.05) is 66.6 Å². The number of carbonyl (C=O) groups is 1. The Morgan fingerprint density at radius 3 is 1.88 bits per heavy atom. The molecule has 4 heteroatoms. The Bertz CT molecular complexity index is 3720. The van der Waals surface area contributed by atoms with Gasteiger partial charge in [0.2, 0.25) is 0 Å². The Kier molecular flexibility index (Phi) is 9.50. The summed E-state index contributed by atoms with van der Waals surface area (Å²) in [5.41, 5.74) is 16.0. The third-order valence-corrected chi connectivity index (χ3v) is 14.9. The molecule has 0 amide bonds. The third kappa shape index (κ3) is 6.10. The summed E-state index contributed by atoms with van der Waals surface area (Å²) in [6.45, 7) is 13.5. The van der Waals surface area contributed by atoms with Gasteiger partial charge >= 0.3 is 0 Å². The van der Waals surface area contributed by atoms with E-state index in [0.29, 0.717) is 0 Å². The molecule has 0 radical (unpaired) electrons. The maximum atomic E-state index is 14.1. The number of hydrogen-bond donors (Lipinski definition) is 0. The second-order valence-corrected chi connectivity index (χ2v) is 19.4. The molecule has 1 aromatic heterocycles. The minimum absolute atomic E-state index is 0.0878. The highest BCUT2D eigenvalue weighted by atomic mass is 16.3. The molecule has 0 saturated carbocycles. The minimum atomic E-state index is -0.418. The van der Waals surface area contributed by atoms with Crippen LogP contribution in [0.15, 0.2) is 204 Å². The Hall–Kier alpha value is -7.95. The van der Waals surface area contributed by atoms with E-state index in [9.17, 15) is 4.79 Å². The van der Waals surface area contributed by atoms with Crippen LogP contribution in [0.2, 0.25) is 0 Å². The van der Waals surface area contributed by atoms with E-state index < -0.39 is 5.41 Å². The van der Waals surface area contributed by atoms with Crippen molar-refractivity contribution in [2.24, 2.45) is 0 Å². The number of fused-ring (bicyclic) bond motifs is 9. The predicted molar refractivity (Wildman–Crippen MR) is 285 cm³/mol. The average molecular weight is 881 g/mol. The van der Waals surface area contributed by atoms with Gasteiger partial charge in [-0.2, -0.15) is 0 Å². The number of ketones is 1. The first-order valence-corrected chi connectivity index (χ1v) is 23.9. The zero-order valence-electron chi connectivity index (χ0n) is 39.4. The second kappa shape index (κ2) is 15.6. The summed E-state index contributed by atoms with van der Waals surface area (Å²) >= 11 is 0. The monoisotopic (exact) mass is 880 g/mol. The molecule has 0 unspecified atom stereocenters. The van der Waals surface area contributed by atoms with Crippen molar-refractivity contribution in [2.45, 2.75) is 58.8 Å². The highest BCUT2D eigenvalue weighted by Gasteiger charge is 2.41. The lowest BCUT2D eigenvalue weighted by Gasteiger charge is -2.43. The Labute approximate surface area is 398 Å². The van der Waals surface area contributed by atoms with E-state index in [4.69, 9.17) is 4.42 Å². The fraction of sp³-hybridized carbons (Fsp3) is 0.141. The van der Waals surface area contributed by atoms with E-state index in [2.05, 4.69) is 221 Å². The van der Waals surface area contributed by atoms with Crippen molar-refractivity contribution in [3.63, 3.8) is 0 Å². The first-order chi connectivity index (χ1) is 33.1. The number of rotatable bonds is 7. The molecule has 0 spiro atoms. The number of nitrogens with zero attached hydrogens (tertiary/aromatic N) is 2. The minimum Gasteiger partial charge on any atom is -0.456 e. The lowest BCUT2D eigenvalue weighted by Crippen LogP contribution is -2.31. The van der Waals surface area contributed by atoms with Gasteiger partial charge in [0.25, 0.3) is 0 Å². The maximum Gasteiger partial charge on any atom is 0.193 e. The first kappa shape index (κ1) is 41.5. The summed E-state index contributed by atoms with van der Waals surface area (Å²) in [6.07, 6.45) is 7.61. The fourth-order valence-electron chi connectivity index (χ4n) is 11.5. The lowest BCUT2D eigenvalue weighted by molar-refractivity contribution is 0.103. The summed E-state index contributed by atoms with van der Waals surface area (Å²) in [6, 6.07) is 63.2. The molecule has 0 fully saturated rings. The van der Waals surface area contributed by atoms with Crippen molar-refractivity contribution in [1.82, 2.24) is 0 Å². The van der Waals surface area contributed by atoms with Gasteiger partial charge in [-0.25, -0.2) is 0 Å². The van der Waals surface area contributed by atoms with Crippen molar-refractivity contribution in [2.75, 3.05) is 9.80 Å². The van der Waals surface area contributed by atoms with Gasteiger partial charge in [-0.15, -0.1) is 0 Å². The number of allylic oxidation sites excluding steroid dienone is 3. The number of benzene rings is 9. The van der Waals surface area contributed by atoms with Crippen LogP contribution in [0, 0.1) is 0 Å². The molecular formula is C64H52N2O2. The zero-order chi connectivity index (χ0) is 46.5. The molecule has 1 aliphatic heterocycles. The van der Waals surface area contributed by atoms with Gasteiger partial charge in [0.1, 0.15) is 11.2 Å². The number of anilines is 5. The van der Waals surface area contributed by atoms with Gasteiger partial charge < -0.3 is 14.2 Å². The van der Waals surface area contributed by atoms with Crippen LogP contribution < -0.4 is 9.80 Å². The second-order valence-electron chi connectivity index (χ2n) is 19.4. The van der Waals surface area contributed by atoms with E-state index in [1.54, 1.807) is 0 Å². The van der Waals surface area contributed by atoms with Crippen molar-refractivity contribution in [3.8, 4) is 11.1 Å². The number of hydrogen-bond acceptors (Lipinski definition) is 4. The number of carbonyl (C=O) groups excluding carboxylic acids is 1. The van der Waals surface area contributed by atoms with E-state index in [-0.39, 0.29) is 11.2 Å². The summed E-state index contributed by atoms with van der Waals surface area (Å²) in [5, 5.41) is 6.79. The summed E-state index contributed by atoms with van der Waals surface area (Å²) in [5.74, 6) is 0.0878. The first-order valence-electron chi connectivity index (χ1n) is 23.9. The van der Waals surface area contributed by atoms with E-state index in [1.807, 2.05) is 24.3 Å². The summed E-state index contributed by atoms with van der Waals surface area (Å²) in [7, 11) is 0. The van der Waals surface area contributed by atoms with E-state index >= 15 is 0 Å². The van der Waals surface area contributed by atoms with Crippen molar-refractivity contribution >= 4 is 77.7 Å².